The molecule has 4 heteroatoms. The summed E-state index contributed by atoms with van der Waals surface area (Å²) in [7, 11) is 0. The Labute approximate surface area is 103 Å². The predicted octanol–water partition coefficient (Wildman–Crippen LogP) is 3.51. The second-order valence-corrected chi connectivity index (χ2v) is 4.95. The lowest BCUT2D eigenvalue weighted by Crippen LogP contribution is -1.74. The normalized spacial score (nSPS) is 10.6. The van der Waals surface area contributed by atoms with Crippen LogP contribution in [0.2, 0.25) is 0 Å². The maximum absolute atomic E-state index is 4.15. The molecule has 0 aliphatic carbocycles. The molecule has 2 heterocycles. The quantitative estimate of drug-likeness (QED) is 0.746. The van der Waals surface area contributed by atoms with Crippen molar-refractivity contribution < 1.29 is 0 Å². The van der Waals surface area contributed by atoms with Crippen LogP contribution >= 0.6 is 11.3 Å². The van der Waals surface area contributed by atoms with Gasteiger partial charge in [-0.2, -0.15) is 5.10 Å². The molecule has 0 aliphatic heterocycles. The summed E-state index contributed by atoms with van der Waals surface area (Å²) in [6, 6.07) is 12.7. The fourth-order valence-electron chi connectivity index (χ4n) is 1.66. The molecule has 0 saturated heterocycles. The third kappa shape index (κ3) is 1.99. The molecule has 0 amide bonds. The lowest BCUT2D eigenvalue weighted by Gasteiger charge is -1.97. The van der Waals surface area contributed by atoms with Gasteiger partial charge in [0.05, 0.1) is 4.88 Å². The van der Waals surface area contributed by atoms with E-state index in [4.69, 9.17) is 0 Å². The fourth-order valence-corrected chi connectivity index (χ4v) is 2.62. The van der Waals surface area contributed by atoms with Crippen molar-refractivity contribution in [3.63, 3.8) is 0 Å². The summed E-state index contributed by atoms with van der Waals surface area (Å²) in [5.74, 6) is 0.827. The minimum Gasteiger partial charge on any atom is -0.259 e. The molecular formula is C13H11N3S. The van der Waals surface area contributed by atoms with E-state index < -0.39 is 0 Å². The van der Waals surface area contributed by atoms with Gasteiger partial charge in [0.15, 0.2) is 5.82 Å². The molecule has 0 spiro atoms. The average Bonchev–Trinajstić information content (AvgIpc) is 3.00. The van der Waals surface area contributed by atoms with Gasteiger partial charge in [-0.1, -0.05) is 29.8 Å². The molecule has 0 unspecified atom stereocenters. The summed E-state index contributed by atoms with van der Waals surface area (Å²) in [6.07, 6.45) is 1.53. The second kappa shape index (κ2) is 4.14. The van der Waals surface area contributed by atoms with E-state index in [1.54, 1.807) is 11.3 Å². The van der Waals surface area contributed by atoms with E-state index in [0.717, 1.165) is 10.7 Å². The van der Waals surface area contributed by atoms with Crippen molar-refractivity contribution in [1.82, 2.24) is 15.2 Å². The molecule has 2 aromatic heterocycles. The van der Waals surface area contributed by atoms with Crippen LogP contribution in [0.3, 0.4) is 0 Å². The molecule has 0 fully saturated rings. The first-order chi connectivity index (χ1) is 8.33. The molecule has 0 atom stereocenters. The van der Waals surface area contributed by atoms with Gasteiger partial charge in [-0.25, -0.2) is 4.98 Å². The Kier molecular flexibility index (Phi) is 2.49. The number of aromatic nitrogens is 3. The third-order valence-electron chi connectivity index (χ3n) is 2.59. The van der Waals surface area contributed by atoms with Crippen molar-refractivity contribution in [3.05, 3.63) is 48.3 Å². The van der Waals surface area contributed by atoms with Gasteiger partial charge in [-0.3, -0.25) is 5.10 Å². The predicted molar refractivity (Wildman–Crippen MR) is 69.9 cm³/mol. The maximum atomic E-state index is 4.15. The standard InChI is InChI=1S/C13H11N3S/c1-9-2-4-10(5-3-9)11-6-7-12(17-11)13-14-8-15-16-13/h2-8H,1H3,(H,14,15,16). The summed E-state index contributed by atoms with van der Waals surface area (Å²) >= 11 is 1.72. The molecular weight excluding hydrogens is 230 g/mol. The molecule has 3 nitrogen and oxygen atoms in total. The smallest absolute Gasteiger partial charge is 0.165 e. The van der Waals surface area contributed by atoms with Crippen LogP contribution in [0.15, 0.2) is 42.7 Å². The number of H-pyrrole nitrogens is 1. The number of nitrogens with one attached hydrogen (secondary N) is 1. The fraction of sp³-hybridized carbons (Fsp3) is 0.0769. The maximum Gasteiger partial charge on any atom is 0.165 e. The van der Waals surface area contributed by atoms with Gasteiger partial charge in [0, 0.05) is 4.88 Å². The molecule has 0 bridgehead atoms. The highest BCUT2D eigenvalue weighted by Crippen LogP contribution is 2.32. The van der Waals surface area contributed by atoms with Crippen LogP contribution in [0, 0.1) is 6.92 Å². The molecule has 84 valence electrons. The zero-order valence-electron chi connectivity index (χ0n) is 9.34. The summed E-state index contributed by atoms with van der Waals surface area (Å²) in [5, 5.41) is 6.74. The average molecular weight is 241 g/mol. The van der Waals surface area contributed by atoms with Crippen molar-refractivity contribution in [2.24, 2.45) is 0 Å². The van der Waals surface area contributed by atoms with Crippen LogP contribution in [-0.2, 0) is 0 Å². The Morgan fingerprint density at radius 2 is 1.76 bits per heavy atom. The molecule has 17 heavy (non-hydrogen) atoms. The van der Waals surface area contributed by atoms with E-state index >= 15 is 0 Å². The third-order valence-corrected chi connectivity index (χ3v) is 3.73. The van der Waals surface area contributed by atoms with Crippen LogP contribution in [-0.4, -0.2) is 15.2 Å². The monoisotopic (exact) mass is 241 g/mol. The van der Waals surface area contributed by atoms with Gasteiger partial charge < -0.3 is 0 Å². The van der Waals surface area contributed by atoms with Crippen LogP contribution < -0.4 is 0 Å². The highest BCUT2D eigenvalue weighted by Gasteiger charge is 2.06. The van der Waals surface area contributed by atoms with E-state index in [1.165, 1.54) is 22.3 Å². The highest BCUT2D eigenvalue weighted by molar-refractivity contribution is 7.18. The summed E-state index contributed by atoms with van der Waals surface area (Å²) in [5.41, 5.74) is 2.52. The number of hydrogen-bond acceptors (Lipinski definition) is 3. The van der Waals surface area contributed by atoms with Crippen molar-refractivity contribution >= 4 is 11.3 Å². The van der Waals surface area contributed by atoms with Crippen molar-refractivity contribution in [1.29, 1.82) is 0 Å². The lowest BCUT2D eigenvalue weighted by atomic mass is 10.1. The Morgan fingerprint density at radius 3 is 2.47 bits per heavy atom. The zero-order valence-corrected chi connectivity index (χ0v) is 10.2. The van der Waals surface area contributed by atoms with E-state index in [-0.39, 0.29) is 0 Å². The largest absolute Gasteiger partial charge is 0.259 e. The minimum atomic E-state index is 0.827. The first kappa shape index (κ1) is 10.2. The summed E-state index contributed by atoms with van der Waals surface area (Å²) < 4.78 is 0. The molecule has 3 rings (SSSR count). The zero-order chi connectivity index (χ0) is 11.7. The molecule has 0 saturated carbocycles. The first-order valence-corrected chi connectivity index (χ1v) is 6.17. The number of hydrogen-bond donors (Lipinski definition) is 1. The van der Waals surface area contributed by atoms with Crippen LogP contribution in [0.4, 0.5) is 0 Å². The molecule has 3 aromatic rings. The Bertz CT molecular complexity index is 608. The van der Waals surface area contributed by atoms with E-state index in [1.807, 2.05) is 0 Å². The van der Waals surface area contributed by atoms with Crippen molar-refractivity contribution in [2.45, 2.75) is 6.92 Å². The number of nitrogens with zero attached hydrogens (tertiary/aromatic N) is 2. The summed E-state index contributed by atoms with van der Waals surface area (Å²) in [4.78, 5) is 6.51. The minimum absolute atomic E-state index is 0.827. The van der Waals surface area contributed by atoms with Gasteiger partial charge >= 0.3 is 0 Å². The van der Waals surface area contributed by atoms with Gasteiger partial charge in [-0.05, 0) is 24.6 Å². The molecule has 1 aromatic carbocycles. The number of thiophene rings is 1. The Hall–Kier alpha value is -1.94. The van der Waals surface area contributed by atoms with Crippen LogP contribution in [0.5, 0.6) is 0 Å². The SMILES string of the molecule is Cc1ccc(-c2ccc(-c3ncn[nH]3)s2)cc1. The first-order valence-electron chi connectivity index (χ1n) is 5.35. The molecule has 1 N–H and O–H groups in total. The number of aromatic amines is 1. The van der Waals surface area contributed by atoms with Gasteiger partial charge in [0.25, 0.3) is 0 Å². The van der Waals surface area contributed by atoms with E-state index in [9.17, 15) is 0 Å². The van der Waals surface area contributed by atoms with E-state index in [0.29, 0.717) is 0 Å². The van der Waals surface area contributed by atoms with Crippen LogP contribution in [0.1, 0.15) is 5.56 Å². The number of benzene rings is 1. The lowest BCUT2D eigenvalue weighted by molar-refractivity contribution is 1.10. The Balaban J connectivity index is 1.98. The van der Waals surface area contributed by atoms with Crippen LogP contribution in [0.25, 0.3) is 21.1 Å². The molecule has 0 radical (unpaired) electrons. The second-order valence-electron chi connectivity index (χ2n) is 3.86. The van der Waals surface area contributed by atoms with Crippen molar-refractivity contribution in [3.8, 4) is 21.1 Å². The Morgan fingerprint density at radius 1 is 1.00 bits per heavy atom. The molecule has 0 aliphatic rings. The number of aryl methyl sites for hydroxylation is 1. The van der Waals surface area contributed by atoms with Gasteiger partial charge in [0.1, 0.15) is 6.33 Å². The van der Waals surface area contributed by atoms with Gasteiger partial charge in [0.2, 0.25) is 0 Å². The topological polar surface area (TPSA) is 41.6 Å². The highest BCUT2D eigenvalue weighted by atomic mass is 32.1. The number of rotatable bonds is 2. The van der Waals surface area contributed by atoms with Crippen molar-refractivity contribution in [2.75, 3.05) is 0 Å². The van der Waals surface area contributed by atoms with E-state index in [2.05, 4.69) is 58.5 Å². The summed E-state index contributed by atoms with van der Waals surface area (Å²) in [6.45, 7) is 2.10. The van der Waals surface area contributed by atoms with Gasteiger partial charge in [-0.15, -0.1) is 11.3 Å².